The molecule has 0 spiro atoms. The number of nitrogens with one attached hydrogen (secondary N) is 1. The second-order valence-corrected chi connectivity index (χ2v) is 11.9. The molecular weight excluding hydrogens is 515 g/mol. The molecule has 0 aromatic heterocycles. The summed E-state index contributed by atoms with van der Waals surface area (Å²) in [5, 5.41) is 30.4. The highest BCUT2D eigenvalue weighted by Gasteiger charge is 2.32. The number of nitriles is 1. The van der Waals surface area contributed by atoms with Crippen molar-refractivity contribution < 1.29 is 42.7 Å². The van der Waals surface area contributed by atoms with Crippen molar-refractivity contribution in [1.82, 2.24) is 5.32 Å². The molecular formula is C26H47N2O9P. The summed E-state index contributed by atoms with van der Waals surface area (Å²) in [5.74, 6) is 0.0485. The van der Waals surface area contributed by atoms with Gasteiger partial charge in [-0.2, -0.15) is 5.26 Å². The number of rotatable bonds is 21. The zero-order valence-corrected chi connectivity index (χ0v) is 23.8. The number of unbranched alkanes of at least 4 members (excludes halogenated alkanes) is 3. The van der Waals surface area contributed by atoms with Crippen molar-refractivity contribution in [1.29, 1.82) is 5.26 Å². The minimum absolute atomic E-state index is 0.0117. The SMILES string of the molecule is CC(CO)(CO)COP(=O)(OCCC#N)OCCCCCCOC(=O)CCC(=O)NCC1CCCCCC1. The third-order valence-corrected chi connectivity index (χ3v) is 7.91. The Morgan fingerprint density at radius 3 is 2.21 bits per heavy atom. The predicted octanol–water partition coefficient (Wildman–Crippen LogP) is 4.02. The van der Waals surface area contributed by atoms with Gasteiger partial charge in [-0.1, -0.05) is 39.0 Å². The highest BCUT2D eigenvalue weighted by Crippen LogP contribution is 2.50. The fourth-order valence-corrected chi connectivity index (χ4v) is 5.17. The molecule has 1 amide bonds. The maximum absolute atomic E-state index is 12.8. The Bertz CT molecular complexity index is 747. The number of hydrogen-bond acceptors (Lipinski definition) is 10. The van der Waals surface area contributed by atoms with Crippen LogP contribution >= 0.6 is 7.82 Å². The molecule has 11 nitrogen and oxygen atoms in total. The molecule has 1 unspecified atom stereocenters. The normalized spacial score (nSPS) is 16.3. The topological polar surface area (TPSA) is 164 Å². The fourth-order valence-electron chi connectivity index (χ4n) is 3.81. The van der Waals surface area contributed by atoms with Crippen molar-refractivity contribution in [2.75, 3.05) is 46.2 Å². The van der Waals surface area contributed by atoms with Crippen LogP contribution in [0.15, 0.2) is 0 Å². The number of esters is 1. The summed E-state index contributed by atoms with van der Waals surface area (Å²) in [4.78, 5) is 23.9. The number of hydrogen-bond donors (Lipinski definition) is 3. The van der Waals surface area contributed by atoms with Gasteiger partial charge in [-0.15, -0.1) is 0 Å². The van der Waals surface area contributed by atoms with Gasteiger partial charge >= 0.3 is 13.8 Å². The molecule has 0 aromatic rings. The first kappa shape index (κ1) is 34.5. The molecule has 1 aliphatic carbocycles. The van der Waals surface area contributed by atoms with Gasteiger partial charge in [-0.25, -0.2) is 4.57 Å². The summed E-state index contributed by atoms with van der Waals surface area (Å²) in [7, 11) is -3.95. The monoisotopic (exact) mass is 562 g/mol. The molecule has 1 rings (SSSR count). The Morgan fingerprint density at radius 1 is 0.947 bits per heavy atom. The standard InChI is InChI=1S/C26H47N2O9P/c1-26(20-29,21-30)22-37-38(33,36-18-10-15-27)35-17-9-5-4-8-16-34-25(32)14-13-24(31)28-19-23-11-6-2-3-7-12-23/h23,29-30H,2-14,16-22H2,1H3,(H,28,31). The van der Waals surface area contributed by atoms with E-state index < -0.39 is 13.2 Å². The smallest absolute Gasteiger partial charge is 0.466 e. The number of aliphatic hydroxyl groups is 2. The van der Waals surface area contributed by atoms with Gasteiger partial charge in [0.1, 0.15) is 0 Å². The van der Waals surface area contributed by atoms with Gasteiger partial charge in [-0.3, -0.25) is 23.2 Å². The highest BCUT2D eigenvalue weighted by atomic mass is 31.2. The van der Waals surface area contributed by atoms with Crippen molar-refractivity contribution in [3.63, 3.8) is 0 Å². The van der Waals surface area contributed by atoms with E-state index in [1.807, 2.05) is 6.07 Å². The lowest BCUT2D eigenvalue weighted by molar-refractivity contribution is -0.145. The Hall–Kier alpha value is -1.54. The zero-order valence-electron chi connectivity index (χ0n) is 22.9. The van der Waals surface area contributed by atoms with Crippen LogP contribution in [0.25, 0.3) is 0 Å². The summed E-state index contributed by atoms with van der Waals surface area (Å²) in [6.07, 6.45) is 10.2. The lowest BCUT2D eigenvalue weighted by Crippen LogP contribution is -2.31. The van der Waals surface area contributed by atoms with Gasteiger partial charge in [-0.05, 0) is 38.0 Å². The maximum atomic E-state index is 12.8. The fraction of sp³-hybridized carbons (Fsp3) is 0.885. The minimum Gasteiger partial charge on any atom is -0.466 e. The highest BCUT2D eigenvalue weighted by molar-refractivity contribution is 7.48. The van der Waals surface area contributed by atoms with Crippen molar-refractivity contribution in [3.05, 3.63) is 0 Å². The van der Waals surface area contributed by atoms with E-state index in [1.165, 1.54) is 25.7 Å². The molecule has 0 heterocycles. The number of amides is 1. The first-order valence-electron chi connectivity index (χ1n) is 13.8. The Balaban J connectivity index is 2.14. The van der Waals surface area contributed by atoms with E-state index in [1.54, 1.807) is 6.92 Å². The van der Waals surface area contributed by atoms with E-state index in [4.69, 9.17) is 23.6 Å². The lowest BCUT2D eigenvalue weighted by Gasteiger charge is -2.26. The number of phosphoric ester groups is 1. The van der Waals surface area contributed by atoms with Crippen LogP contribution in [0.4, 0.5) is 0 Å². The van der Waals surface area contributed by atoms with E-state index in [2.05, 4.69) is 5.32 Å². The molecule has 0 aliphatic heterocycles. The molecule has 3 N–H and O–H groups in total. The van der Waals surface area contributed by atoms with E-state index in [9.17, 15) is 24.4 Å². The molecule has 1 aliphatic rings. The van der Waals surface area contributed by atoms with Gasteiger partial charge < -0.3 is 20.3 Å². The van der Waals surface area contributed by atoms with Crippen LogP contribution in [0, 0.1) is 22.7 Å². The van der Waals surface area contributed by atoms with Gasteiger partial charge in [0.05, 0.1) is 58.6 Å². The second-order valence-electron chi connectivity index (χ2n) is 10.2. The average molecular weight is 563 g/mol. The largest absolute Gasteiger partial charge is 0.474 e. The van der Waals surface area contributed by atoms with Crippen LogP contribution in [0.3, 0.4) is 0 Å². The molecule has 38 heavy (non-hydrogen) atoms. The number of phosphoric acid groups is 1. The number of ether oxygens (including phenoxy) is 1. The zero-order chi connectivity index (χ0) is 28.1. The molecule has 12 heteroatoms. The van der Waals surface area contributed by atoms with Gasteiger partial charge in [0.15, 0.2) is 0 Å². The van der Waals surface area contributed by atoms with E-state index in [0.29, 0.717) is 25.3 Å². The second kappa shape index (κ2) is 20.4. The third-order valence-electron chi connectivity index (χ3n) is 6.47. The summed E-state index contributed by atoms with van der Waals surface area (Å²) in [6, 6.07) is 1.88. The van der Waals surface area contributed by atoms with Gasteiger partial charge in [0.2, 0.25) is 5.91 Å². The quantitative estimate of drug-likeness (QED) is 0.0805. The van der Waals surface area contributed by atoms with E-state index in [-0.39, 0.29) is 70.8 Å². The summed E-state index contributed by atoms with van der Waals surface area (Å²) in [6.45, 7) is 1.49. The minimum atomic E-state index is -3.95. The summed E-state index contributed by atoms with van der Waals surface area (Å²) >= 11 is 0. The number of carbonyl (C=O) groups excluding carboxylic acids is 2. The molecule has 0 aromatic carbocycles. The molecule has 0 saturated heterocycles. The van der Waals surface area contributed by atoms with Crippen LogP contribution in [-0.4, -0.2) is 68.3 Å². The first-order chi connectivity index (χ1) is 18.3. The van der Waals surface area contributed by atoms with Crippen molar-refractivity contribution in [2.24, 2.45) is 11.3 Å². The van der Waals surface area contributed by atoms with Crippen molar-refractivity contribution >= 4 is 19.7 Å². The molecule has 1 saturated carbocycles. The number of carbonyl (C=O) groups is 2. The molecule has 1 atom stereocenters. The maximum Gasteiger partial charge on any atom is 0.474 e. The van der Waals surface area contributed by atoms with E-state index in [0.717, 1.165) is 25.7 Å². The number of aliphatic hydroxyl groups excluding tert-OH is 2. The first-order valence-corrected chi connectivity index (χ1v) is 15.3. The Labute approximate surface area is 227 Å². The van der Waals surface area contributed by atoms with Crippen molar-refractivity contribution in [2.45, 2.75) is 90.4 Å². The van der Waals surface area contributed by atoms with Crippen LogP contribution in [0.2, 0.25) is 0 Å². The van der Waals surface area contributed by atoms with Crippen LogP contribution in [0.5, 0.6) is 0 Å². The molecule has 0 bridgehead atoms. The average Bonchev–Trinajstić information content (AvgIpc) is 3.20. The Morgan fingerprint density at radius 2 is 1.58 bits per heavy atom. The molecule has 0 radical (unpaired) electrons. The lowest BCUT2D eigenvalue weighted by atomic mass is 9.95. The molecule has 220 valence electrons. The van der Waals surface area contributed by atoms with Crippen LogP contribution < -0.4 is 5.32 Å². The summed E-state index contributed by atoms with van der Waals surface area (Å²) < 4.78 is 33.8. The van der Waals surface area contributed by atoms with Crippen molar-refractivity contribution in [3.8, 4) is 6.07 Å². The van der Waals surface area contributed by atoms with Gasteiger partial charge in [0.25, 0.3) is 0 Å². The Kier molecular flexibility index (Phi) is 18.5. The predicted molar refractivity (Wildman–Crippen MR) is 141 cm³/mol. The van der Waals surface area contributed by atoms with E-state index >= 15 is 0 Å². The van der Waals surface area contributed by atoms with Crippen LogP contribution in [-0.2, 0) is 32.5 Å². The van der Waals surface area contributed by atoms with Crippen LogP contribution in [0.1, 0.15) is 90.4 Å². The molecule has 1 fully saturated rings. The number of nitrogens with zero attached hydrogens (tertiary/aromatic N) is 1. The third kappa shape index (κ3) is 16.4. The summed E-state index contributed by atoms with van der Waals surface area (Å²) in [5.41, 5.74) is -1.01. The van der Waals surface area contributed by atoms with Gasteiger partial charge in [0, 0.05) is 18.4 Å².